The van der Waals surface area contributed by atoms with E-state index >= 15 is 0 Å². The summed E-state index contributed by atoms with van der Waals surface area (Å²) in [5.74, 6) is 1.78. The molecule has 0 heterocycles. The van der Waals surface area contributed by atoms with Crippen molar-refractivity contribution in [3.05, 3.63) is 54.1 Å². The molecule has 1 N–H and O–H groups in total. The summed E-state index contributed by atoms with van der Waals surface area (Å²) in [5.41, 5.74) is 1.18. The first kappa shape index (κ1) is 18.8. The number of amides is 2. The van der Waals surface area contributed by atoms with Crippen LogP contribution in [0.4, 0.5) is 5.69 Å². The Labute approximate surface area is 159 Å². The third-order valence-electron chi connectivity index (χ3n) is 4.20. The Balaban J connectivity index is 1.44. The third-order valence-corrected chi connectivity index (χ3v) is 4.20. The SMILES string of the molecule is CN(C)C(=O)c1ccc(NC(=O)COc2ccc(OCC3CC3)cc2)cc1. The first-order valence-electron chi connectivity index (χ1n) is 8.98. The number of carbonyl (C=O) groups excluding carboxylic acids is 2. The van der Waals surface area contributed by atoms with Gasteiger partial charge in [0.1, 0.15) is 11.5 Å². The zero-order valence-electron chi connectivity index (χ0n) is 15.6. The smallest absolute Gasteiger partial charge is 0.262 e. The van der Waals surface area contributed by atoms with E-state index in [1.807, 2.05) is 12.1 Å². The van der Waals surface area contributed by atoms with Crippen LogP contribution in [0, 0.1) is 5.92 Å². The van der Waals surface area contributed by atoms with Gasteiger partial charge in [0.2, 0.25) is 0 Å². The first-order chi connectivity index (χ1) is 13.0. The molecule has 6 heteroatoms. The fourth-order valence-corrected chi connectivity index (χ4v) is 2.43. The van der Waals surface area contributed by atoms with E-state index < -0.39 is 0 Å². The van der Waals surface area contributed by atoms with Crippen molar-refractivity contribution >= 4 is 17.5 Å². The van der Waals surface area contributed by atoms with Gasteiger partial charge in [-0.2, -0.15) is 0 Å². The molecule has 0 aliphatic heterocycles. The van der Waals surface area contributed by atoms with Crippen molar-refractivity contribution in [1.82, 2.24) is 4.90 Å². The molecule has 0 radical (unpaired) electrons. The summed E-state index contributed by atoms with van der Waals surface area (Å²) < 4.78 is 11.2. The highest BCUT2D eigenvalue weighted by molar-refractivity contribution is 5.95. The van der Waals surface area contributed by atoms with E-state index in [-0.39, 0.29) is 18.4 Å². The number of hydrogen-bond acceptors (Lipinski definition) is 4. The Bertz CT molecular complexity index is 781. The molecule has 0 unspecified atom stereocenters. The lowest BCUT2D eigenvalue weighted by Gasteiger charge is -2.11. The van der Waals surface area contributed by atoms with E-state index in [1.54, 1.807) is 50.5 Å². The quantitative estimate of drug-likeness (QED) is 0.777. The molecule has 2 aromatic carbocycles. The maximum Gasteiger partial charge on any atom is 0.262 e. The fraction of sp³-hybridized carbons (Fsp3) is 0.333. The van der Waals surface area contributed by atoms with Crippen molar-refractivity contribution < 1.29 is 19.1 Å². The molecule has 0 bridgehead atoms. The monoisotopic (exact) mass is 368 g/mol. The van der Waals surface area contributed by atoms with Gasteiger partial charge in [0.05, 0.1) is 6.61 Å². The number of anilines is 1. The zero-order valence-corrected chi connectivity index (χ0v) is 15.6. The summed E-state index contributed by atoms with van der Waals surface area (Å²) >= 11 is 0. The minimum absolute atomic E-state index is 0.0826. The number of rotatable bonds is 8. The minimum Gasteiger partial charge on any atom is -0.493 e. The predicted molar refractivity (Wildman–Crippen MR) is 103 cm³/mol. The van der Waals surface area contributed by atoms with Gasteiger partial charge in [-0.25, -0.2) is 0 Å². The molecule has 6 nitrogen and oxygen atoms in total. The van der Waals surface area contributed by atoms with Crippen LogP contribution in [-0.4, -0.2) is 44.0 Å². The molecular formula is C21H24N2O4. The Hall–Kier alpha value is -3.02. The molecular weight excluding hydrogens is 344 g/mol. The van der Waals surface area contributed by atoms with Crippen LogP contribution in [0.25, 0.3) is 0 Å². The second kappa shape index (κ2) is 8.58. The number of ether oxygens (including phenoxy) is 2. The average Bonchev–Trinajstić information content (AvgIpc) is 3.50. The van der Waals surface area contributed by atoms with Gasteiger partial charge in [-0.15, -0.1) is 0 Å². The molecule has 1 fully saturated rings. The van der Waals surface area contributed by atoms with Gasteiger partial charge in [0.15, 0.2) is 6.61 Å². The maximum absolute atomic E-state index is 12.0. The van der Waals surface area contributed by atoms with Crippen LogP contribution in [0.5, 0.6) is 11.5 Å². The maximum atomic E-state index is 12.0. The van der Waals surface area contributed by atoms with Gasteiger partial charge in [-0.1, -0.05) is 0 Å². The second-order valence-electron chi connectivity index (χ2n) is 6.84. The van der Waals surface area contributed by atoms with Crippen LogP contribution in [0.1, 0.15) is 23.2 Å². The van der Waals surface area contributed by atoms with E-state index in [0.29, 0.717) is 22.9 Å². The van der Waals surface area contributed by atoms with Gasteiger partial charge >= 0.3 is 0 Å². The van der Waals surface area contributed by atoms with Crippen LogP contribution >= 0.6 is 0 Å². The molecule has 27 heavy (non-hydrogen) atoms. The standard InChI is InChI=1S/C21H24N2O4/c1-23(2)21(25)16-5-7-17(8-6-16)22-20(24)14-27-19-11-9-18(10-12-19)26-13-15-3-4-15/h5-12,15H,3-4,13-14H2,1-2H3,(H,22,24). The molecule has 0 saturated heterocycles. The summed E-state index contributed by atoms with van der Waals surface area (Å²) in [6, 6.07) is 14.0. The zero-order chi connectivity index (χ0) is 19.2. The van der Waals surface area contributed by atoms with Crippen LogP contribution in [0.15, 0.2) is 48.5 Å². The van der Waals surface area contributed by atoms with Crippen molar-refractivity contribution in [2.45, 2.75) is 12.8 Å². The lowest BCUT2D eigenvalue weighted by Crippen LogP contribution is -2.22. The van der Waals surface area contributed by atoms with Crippen LogP contribution in [-0.2, 0) is 4.79 Å². The molecule has 2 amide bonds. The highest BCUT2D eigenvalue weighted by Crippen LogP contribution is 2.29. The molecule has 0 atom stereocenters. The number of nitrogens with zero attached hydrogens (tertiary/aromatic N) is 1. The Morgan fingerprint density at radius 1 is 0.963 bits per heavy atom. The highest BCUT2D eigenvalue weighted by atomic mass is 16.5. The second-order valence-corrected chi connectivity index (χ2v) is 6.84. The van der Waals surface area contributed by atoms with Crippen molar-refractivity contribution in [3.63, 3.8) is 0 Å². The highest BCUT2D eigenvalue weighted by Gasteiger charge is 2.21. The lowest BCUT2D eigenvalue weighted by atomic mass is 10.2. The van der Waals surface area contributed by atoms with E-state index in [4.69, 9.17) is 9.47 Å². The van der Waals surface area contributed by atoms with Gasteiger partial charge in [-0.3, -0.25) is 9.59 Å². The summed E-state index contributed by atoms with van der Waals surface area (Å²) in [7, 11) is 3.39. The van der Waals surface area contributed by atoms with Gasteiger partial charge < -0.3 is 19.7 Å². The van der Waals surface area contributed by atoms with Crippen molar-refractivity contribution in [1.29, 1.82) is 0 Å². The topological polar surface area (TPSA) is 67.9 Å². The molecule has 142 valence electrons. The lowest BCUT2D eigenvalue weighted by molar-refractivity contribution is -0.118. The Morgan fingerprint density at radius 2 is 1.56 bits per heavy atom. The molecule has 1 saturated carbocycles. The molecule has 3 rings (SSSR count). The average molecular weight is 368 g/mol. The van der Waals surface area contributed by atoms with Gasteiger partial charge in [0, 0.05) is 25.3 Å². The third kappa shape index (κ3) is 5.74. The molecule has 2 aromatic rings. The van der Waals surface area contributed by atoms with E-state index in [1.165, 1.54) is 17.7 Å². The molecule has 1 aliphatic rings. The van der Waals surface area contributed by atoms with E-state index in [0.717, 1.165) is 12.4 Å². The minimum atomic E-state index is -0.268. The predicted octanol–water partition coefficient (Wildman–Crippen LogP) is 3.19. The first-order valence-corrected chi connectivity index (χ1v) is 8.98. The molecule has 0 spiro atoms. The largest absolute Gasteiger partial charge is 0.493 e. The van der Waals surface area contributed by atoms with E-state index in [2.05, 4.69) is 5.32 Å². The number of carbonyl (C=O) groups is 2. The summed E-state index contributed by atoms with van der Waals surface area (Å²) in [5, 5.41) is 2.75. The van der Waals surface area contributed by atoms with Crippen LogP contribution < -0.4 is 14.8 Å². The summed E-state index contributed by atoms with van der Waals surface area (Å²) in [6.45, 7) is 0.669. The Morgan fingerprint density at radius 3 is 2.11 bits per heavy atom. The number of hydrogen-bond donors (Lipinski definition) is 1. The Kier molecular flexibility index (Phi) is 5.96. The van der Waals surface area contributed by atoms with Gasteiger partial charge in [0.25, 0.3) is 11.8 Å². The molecule has 0 aromatic heterocycles. The van der Waals surface area contributed by atoms with E-state index in [9.17, 15) is 9.59 Å². The number of benzene rings is 2. The van der Waals surface area contributed by atoms with Crippen LogP contribution in [0.2, 0.25) is 0 Å². The van der Waals surface area contributed by atoms with Crippen LogP contribution in [0.3, 0.4) is 0 Å². The summed E-state index contributed by atoms with van der Waals surface area (Å²) in [4.78, 5) is 25.4. The summed E-state index contributed by atoms with van der Waals surface area (Å²) in [6.07, 6.45) is 2.51. The molecule has 1 aliphatic carbocycles. The van der Waals surface area contributed by atoms with Crippen molar-refractivity contribution in [2.24, 2.45) is 5.92 Å². The van der Waals surface area contributed by atoms with Gasteiger partial charge in [-0.05, 0) is 67.3 Å². The van der Waals surface area contributed by atoms with Crippen molar-refractivity contribution in [2.75, 3.05) is 32.6 Å². The van der Waals surface area contributed by atoms with Crippen molar-refractivity contribution in [3.8, 4) is 11.5 Å². The normalized spacial score (nSPS) is 13.0. The number of nitrogens with one attached hydrogen (secondary N) is 1. The fourth-order valence-electron chi connectivity index (χ4n) is 2.43.